The van der Waals surface area contributed by atoms with Crippen molar-refractivity contribution in [1.82, 2.24) is 4.98 Å². The van der Waals surface area contributed by atoms with Gasteiger partial charge in [0.05, 0.1) is 16.9 Å². The predicted molar refractivity (Wildman–Crippen MR) is 48.9 cm³/mol. The molecular weight excluding hydrogens is 242 g/mol. The summed E-state index contributed by atoms with van der Waals surface area (Å²) < 4.78 is 24.7. The van der Waals surface area contributed by atoms with Gasteiger partial charge in [0.1, 0.15) is 11.9 Å². The molecule has 0 saturated carbocycles. The van der Waals surface area contributed by atoms with Crippen molar-refractivity contribution in [3.8, 4) is 5.75 Å². The lowest BCUT2D eigenvalue weighted by molar-refractivity contribution is -0.386. The Morgan fingerprint density at radius 2 is 2.18 bits per heavy atom. The number of carbonyl (C=O) groups is 1. The van der Waals surface area contributed by atoms with Gasteiger partial charge in [-0.3, -0.25) is 14.9 Å². The van der Waals surface area contributed by atoms with Gasteiger partial charge in [0.2, 0.25) is 0 Å². The fraction of sp³-hybridized carbons (Fsp3) is 0.250. The Labute approximate surface area is 92.5 Å². The molecule has 0 saturated heterocycles. The maximum absolute atomic E-state index is 12.3. The van der Waals surface area contributed by atoms with Crippen molar-refractivity contribution in [2.75, 3.05) is 0 Å². The summed E-state index contributed by atoms with van der Waals surface area (Å²) in [5.74, 6) is -2.65. The third-order valence-corrected chi connectivity index (χ3v) is 1.89. The van der Waals surface area contributed by atoms with E-state index < -0.39 is 46.4 Å². The zero-order valence-corrected chi connectivity index (χ0v) is 8.13. The second-order valence-electron chi connectivity index (χ2n) is 2.98. The van der Waals surface area contributed by atoms with Gasteiger partial charge >= 0.3 is 5.97 Å². The zero-order valence-electron chi connectivity index (χ0n) is 8.13. The lowest BCUT2D eigenvalue weighted by atomic mass is 10.1. The van der Waals surface area contributed by atoms with Crippen LogP contribution in [0.3, 0.4) is 0 Å². The highest BCUT2D eigenvalue weighted by atomic mass is 19.3. The van der Waals surface area contributed by atoms with E-state index in [4.69, 9.17) is 5.11 Å². The Morgan fingerprint density at radius 3 is 2.59 bits per heavy atom. The smallest absolute Gasteiger partial charge is 0.308 e. The van der Waals surface area contributed by atoms with Crippen molar-refractivity contribution in [1.29, 1.82) is 0 Å². The van der Waals surface area contributed by atoms with Crippen LogP contribution in [0, 0.1) is 10.1 Å². The van der Waals surface area contributed by atoms with Crippen LogP contribution in [-0.4, -0.2) is 26.1 Å². The number of carboxylic acids is 1. The Hall–Kier alpha value is -2.32. The number of aliphatic carboxylic acids is 1. The van der Waals surface area contributed by atoms with Gasteiger partial charge in [0, 0.05) is 0 Å². The SMILES string of the molecule is O=C(O)Cc1c([N+](=O)[O-])cnc(C(F)F)c1O. The van der Waals surface area contributed by atoms with E-state index in [-0.39, 0.29) is 0 Å². The number of nitrogens with zero attached hydrogens (tertiary/aromatic N) is 2. The number of hydrogen-bond donors (Lipinski definition) is 2. The molecule has 0 fully saturated rings. The summed E-state index contributed by atoms with van der Waals surface area (Å²) in [4.78, 5) is 23.0. The van der Waals surface area contributed by atoms with Crippen LogP contribution in [0.15, 0.2) is 6.20 Å². The summed E-state index contributed by atoms with van der Waals surface area (Å²) >= 11 is 0. The molecule has 1 aromatic rings. The Balaban J connectivity index is 3.41. The first-order valence-corrected chi connectivity index (χ1v) is 4.19. The van der Waals surface area contributed by atoms with Gasteiger partial charge in [-0.1, -0.05) is 0 Å². The van der Waals surface area contributed by atoms with Crippen LogP contribution in [0.4, 0.5) is 14.5 Å². The first-order chi connectivity index (χ1) is 7.84. The van der Waals surface area contributed by atoms with Gasteiger partial charge in [-0.15, -0.1) is 0 Å². The van der Waals surface area contributed by atoms with Gasteiger partial charge in [-0.2, -0.15) is 0 Å². The number of alkyl halides is 2. The maximum Gasteiger partial charge on any atom is 0.308 e. The number of halogens is 2. The summed E-state index contributed by atoms with van der Waals surface area (Å²) in [6.07, 6.45) is -3.59. The summed E-state index contributed by atoms with van der Waals surface area (Å²) in [6.45, 7) is 0. The number of pyridine rings is 1. The third-order valence-electron chi connectivity index (χ3n) is 1.89. The molecule has 7 nitrogen and oxygen atoms in total. The van der Waals surface area contributed by atoms with Crippen LogP contribution in [0.25, 0.3) is 0 Å². The number of carboxylic acid groups (broad SMARTS) is 1. The average molecular weight is 248 g/mol. The molecule has 0 bridgehead atoms. The molecule has 1 heterocycles. The fourth-order valence-electron chi connectivity index (χ4n) is 1.19. The lowest BCUT2D eigenvalue weighted by Gasteiger charge is -2.07. The van der Waals surface area contributed by atoms with Gasteiger partial charge in [0.25, 0.3) is 12.1 Å². The van der Waals surface area contributed by atoms with Crippen LogP contribution in [0.2, 0.25) is 0 Å². The Kier molecular flexibility index (Phi) is 3.51. The van der Waals surface area contributed by atoms with Crippen molar-refractivity contribution in [2.45, 2.75) is 12.8 Å². The standard InChI is InChI=1S/C8H6F2N2O5/c9-8(10)6-7(15)3(1-5(13)14)4(2-11-6)12(16)17/h2,8,15H,1H2,(H,13,14). The van der Waals surface area contributed by atoms with Crippen molar-refractivity contribution < 1.29 is 28.7 Å². The molecule has 0 aliphatic heterocycles. The molecule has 17 heavy (non-hydrogen) atoms. The second kappa shape index (κ2) is 4.68. The molecule has 0 spiro atoms. The van der Waals surface area contributed by atoms with Crippen LogP contribution < -0.4 is 0 Å². The molecule has 2 N–H and O–H groups in total. The van der Waals surface area contributed by atoms with Crippen molar-refractivity contribution >= 4 is 11.7 Å². The van der Waals surface area contributed by atoms with Crippen molar-refractivity contribution in [3.63, 3.8) is 0 Å². The molecule has 9 heteroatoms. The number of aromatic hydroxyl groups is 1. The minimum Gasteiger partial charge on any atom is -0.505 e. The van der Waals surface area contributed by atoms with E-state index in [1.165, 1.54) is 0 Å². The molecule has 0 radical (unpaired) electrons. The minimum absolute atomic E-state index is 0.499. The predicted octanol–water partition coefficient (Wildman–Crippen LogP) is 1.26. The highest BCUT2D eigenvalue weighted by Crippen LogP contribution is 2.34. The molecule has 0 aliphatic carbocycles. The van der Waals surface area contributed by atoms with E-state index in [1.807, 2.05) is 0 Å². The molecule has 0 aliphatic rings. The molecule has 0 amide bonds. The number of hydrogen-bond acceptors (Lipinski definition) is 5. The van der Waals surface area contributed by atoms with Crippen molar-refractivity contribution in [3.05, 3.63) is 27.6 Å². The Morgan fingerprint density at radius 1 is 1.59 bits per heavy atom. The minimum atomic E-state index is -3.15. The van der Waals surface area contributed by atoms with E-state index in [2.05, 4.69) is 4.98 Å². The summed E-state index contributed by atoms with van der Waals surface area (Å²) in [6, 6.07) is 0. The largest absolute Gasteiger partial charge is 0.505 e. The van der Waals surface area contributed by atoms with E-state index in [0.717, 1.165) is 0 Å². The number of rotatable bonds is 4. The number of nitro groups is 1. The molecule has 1 rings (SSSR count). The summed E-state index contributed by atoms with van der Waals surface area (Å²) in [5.41, 5.74) is -2.58. The van der Waals surface area contributed by atoms with Gasteiger partial charge in [0.15, 0.2) is 5.75 Å². The van der Waals surface area contributed by atoms with Gasteiger partial charge < -0.3 is 10.2 Å². The molecule has 0 aromatic carbocycles. The highest BCUT2D eigenvalue weighted by Gasteiger charge is 2.27. The molecular formula is C8H6F2N2O5. The summed E-state index contributed by atoms with van der Waals surface area (Å²) in [7, 11) is 0. The lowest BCUT2D eigenvalue weighted by Crippen LogP contribution is -2.07. The van der Waals surface area contributed by atoms with Crippen LogP contribution in [-0.2, 0) is 11.2 Å². The van der Waals surface area contributed by atoms with Crippen LogP contribution >= 0.6 is 0 Å². The van der Waals surface area contributed by atoms with E-state index in [9.17, 15) is 28.8 Å². The van der Waals surface area contributed by atoms with E-state index >= 15 is 0 Å². The van der Waals surface area contributed by atoms with Gasteiger partial charge in [-0.25, -0.2) is 13.8 Å². The van der Waals surface area contributed by atoms with E-state index in [0.29, 0.717) is 6.20 Å². The zero-order chi connectivity index (χ0) is 13.2. The van der Waals surface area contributed by atoms with Gasteiger partial charge in [-0.05, 0) is 0 Å². The monoisotopic (exact) mass is 248 g/mol. The second-order valence-corrected chi connectivity index (χ2v) is 2.98. The molecule has 0 unspecified atom stereocenters. The Bertz CT molecular complexity index is 477. The van der Waals surface area contributed by atoms with Crippen LogP contribution in [0.5, 0.6) is 5.75 Å². The molecule has 92 valence electrons. The first kappa shape index (κ1) is 12.7. The summed E-state index contributed by atoms with van der Waals surface area (Å²) in [5, 5.41) is 28.3. The van der Waals surface area contributed by atoms with Crippen molar-refractivity contribution in [2.24, 2.45) is 0 Å². The highest BCUT2D eigenvalue weighted by molar-refractivity contribution is 5.73. The quantitative estimate of drug-likeness (QED) is 0.612. The molecule has 1 aromatic heterocycles. The van der Waals surface area contributed by atoms with E-state index in [1.54, 1.807) is 0 Å². The topological polar surface area (TPSA) is 114 Å². The average Bonchev–Trinajstić information content (AvgIpc) is 2.19. The third kappa shape index (κ3) is 2.62. The normalized spacial score (nSPS) is 10.5. The maximum atomic E-state index is 12.3. The van der Waals surface area contributed by atoms with Crippen LogP contribution in [0.1, 0.15) is 17.7 Å². The molecule has 0 atom stereocenters. The fourth-order valence-corrected chi connectivity index (χ4v) is 1.19. The number of aromatic nitrogens is 1. The first-order valence-electron chi connectivity index (χ1n) is 4.19.